The van der Waals surface area contributed by atoms with Gasteiger partial charge in [-0.25, -0.2) is 4.98 Å². The Hall–Kier alpha value is -2.41. The van der Waals surface area contributed by atoms with Crippen molar-refractivity contribution >= 4 is 51.5 Å². The Labute approximate surface area is 176 Å². The molecule has 3 aromatic rings. The molecule has 28 heavy (non-hydrogen) atoms. The van der Waals surface area contributed by atoms with Crippen molar-refractivity contribution in [3.8, 4) is 11.3 Å². The lowest BCUT2D eigenvalue weighted by molar-refractivity contribution is -0.146. The number of hydrogen-bond donors (Lipinski definition) is 1. The molecule has 1 N–H and O–H groups in total. The molecule has 1 aromatic heterocycles. The lowest BCUT2D eigenvalue weighted by Gasteiger charge is -2.05. The van der Waals surface area contributed by atoms with E-state index in [1.165, 1.54) is 11.3 Å². The van der Waals surface area contributed by atoms with Gasteiger partial charge in [0.2, 0.25) is 0 Å². The minimum atomic E-state index is -0.534. The van der Waals surface area contributed by atoms with E-state index < -0.39 is 11.9 Å². The van der Waals surface area contributed by atoms with Crippen LogP contribution in [-0.4, -0.2) is 23.5 Å². The number of thiazole rings is 1. The van der Waals surface area contributed by atoms with E-state index in [0.717, 1.165) is 16.8 Å². The number of benzene rings is 2. The van der Waals surface area contributed by atoms with Gasteiger partial charge in [0.25, 0.3) is 5.91 Å². The number of carbonyl (C=O) groups excluding carboxylic acids is 2. The molecule has 0 aliphatic heterocycles. The lowest BCUT2D eigenvalue weighted by Crippen LogP contribution is -2.21. The second kappa shape index (κ2) is 9.19. The summed E-state index contributed by atoms with van der Waals surface area (Å²) in [4.78, 5) is 28.3. The Bertz CT molecular complexity index is 1000. The topological polar surface area (TPSA) is 68.3 Å². The Balaban J connectivity index is 1.49. The van der Waals surface area contributed by atoms with Gasteiger partial charge in [-0.05, 0) is 24.6 Å². The van der Waals surface area contributed by atoms with E-state index in [0.29, 0.717) is 20.7 Å². The first-order valence-electron chi connectivity index (χ1n) is 8.32. The number of nitrogens with one attached hydrogen (secondary N) is 1. The van der Waals surface area contributed by atoms with Crippen molar-refractivity contribution in [1.82, 2.24) is 4.98 Å². The highest BCUT2D eigenvalue weighted by atomic mass is 35.5. The summed E-state index contributed by atoms with van der Waals surface area (Å²) in [5.74, 6) is -0.986. The summed E-state index contributed by atoms with van der Waals surface area (Å²) in [6, 6.07) is 12.8. The number of nitrogens with zero attached hydrogens (tertiary/aromatic N) is 1. The Morgan fingerprint density at radius 3 is 2.57 bits per heavy atom. The van der Waals surface area contributed by atoms with E-state index in [-0.39, 0.29) is 13.0 Å². The molecule has 1 amide bonds. The monoisotopic (exact) mass is 434 g/mol. The van der Waals surface area contributed by atoms with Crippen LogP contribution in [0.15, 0.2) is 47.8 Å². The average molecular weight is 435 g/mol. The van der Waals surface area contributed by atoms with Gasteiger partial charge in [-0.3, -0.25) is 14.9 Å². The molecule has 144 valence electrons. The van der Waals surface area contributed by atoms with Gasteiger partial charge >= 0.3 is 5.97 Å². The van der Waals surface area contributed by atoms with Crippen LogP contribution in [0, 0.1) is 6.92 Å². The molecule has 0 bridgehead atoms. The van der Waals surface area contributed by atoms with E-state index >= 15 is 0 Å². The molecule has 3 rings (SSSR count). The summed E-state index contributed by atoms with van der Waals surface area (Å²) in [5.41, 5.74) is 3.56. The van der Waals surface area contributed by atoms with Crippen molar-refractivity contribution in [3.63, 3.8) is 0 Å². The molecule has 0 saturated carbocycles. The van der Waals surface area contributed by atoms with Crippen molar-refractivity contribution < 1.29 is 14.3 Å². The third-order valence-corrected chi connectivity index (χ3v) is 5.29. The molecule has 0 spiro atoms. The first-order valence-corrected chi connectivity index (χ1v) is 9.96. The Morgan fingerprint density at radius 1 is 1.11 bits per heavy atom. The number of hydrogen-bond acceptors (Lipinski definition) is 5. The van der Waals surface area contributed by atoms with Gasteiger partial charge in [-0.15, -0.1) is 11.3 Å². The number of halogens is 2. The van der Waals surface area contributed by atoms with Crippen molar-refractivity contribution in [2.45, 2.75) is 13.3 Å². The van der Waals surface area contributed by atoms with E-state index in [4.69, 9.17) is 27.9 Å². The number of carbonyl (C=O) groups is 2. The van der Waals surface area contributed by atoms with Crippen molar-refractivity contribution in [2.75, 3.05) is 11.9 Å². The second-order valence-electron chi connectivity index (χ2n) is 6.04. The maximum atomic E-state index is 12.0. The predicted molar refractivity (Wildman–Crippen MR) is 112 cm³/mol. The number of aromatic nitrogens is 1. The molecule has 1 heterocycles. The predicted octanol–water partition coefficient (Wildman–Crippen LogP) is 5.15. The largest absolute Gasteiger partial charge is 0.455 e. The molecule has 0 atom stereocenters. The molecule has 0 radical (unpaired) electrons. The van der Waals surface area contributed by atoms with Crippen LogP contribution in [0.3, 0.4) is 0 Å². The third-order valence-electron chi connectivity index (χ3n) is 3.79. The maximum Gasteiger partial charge on any atom is 0.310 e. The van der Waals surface area contributed by atoms with E-state index in [1.54, 1.807) is 18.2 Å². The van der Waals surface area contributed by atoms with Gasteiger partial charge in [-0.2, -0.15) is 0 Å². The zero-order chi connectivity index (χ0) is 20.1. The summed E-state index contributed by atoms with van der Waals surface area (Å²) in [6.45, 7) is 1.62. The molecular formula is C20H16Cl2N2O3S. The van der Waals surface area contributed by atoms with Crippen molar-refractivity contribution in [1.29, 1.82) is 0 Å². The van der Waals surface area contributed by atoms with Gasteiger partial charge in [0.15, 0.2) is 11.7 Å². The third kappa shape index (κ3) is 5.55. The molecule has 5 nitrogen and oxygen atoms in total. The van der Waals surface area contributed by atoms with Crippen LogP contribution in [-0.2, 0) is 20.7 Å². The van der Waals surface area contributed by atoms with E-state index in [9.17, 15) is 9.59 Å². The first-order chi connectivity index (χ1) is 13.4. The number of ether oxygens (including phenoxy) is 1. The highest BCUT2D eigenvalue weighted by molar-refractivity contribution is 7.14. The highest BCUT2D eigenvalue weighted by Crippen LogP contribution is 2.25. The number of anilines is 1. The van der Waals surface area contributed by atoms with Crippen LogP contribution in [0.2, 0.25) is 10.0 Å². The quantitative estimate of drug-likeness (QED) is 0.544. The highest BCUT2D eigenvalue weighted by Gasteiger charge is 2.12. The van der Waals surface area contributed by atoms with Crippen LogP contribution in [0.4, 0.5) is 5.13 Å². The SMILES string of the molecule is Cc1ccc(-c2csc(NC(=O)COC(=O)Cc3ccc(Cl)c(Cl)c3)n2)cc1. The molecule has 0 fully saturated rings. The fourth-order valence-corrected chi connectivity index (χ4v) is 3.41. The molecule has 0 aliphatic rings. The average Bonchev–Trinajstić information content (AvgIpc) is 3.12. The number of aryl methyl sites for hydroxylation is 1. The zero-order valence-corrected chi connectivity index (χ0v) is 17.2. The van der Waals surface area contributed by atoms with Gasteiger partial charge in [-0.1, -0.05) is 59.1 Å². The van der Waals surface area contributed by atoms with Gasteiger partial charge in [0.05, 0.1) is 22.2 Å². The number of esters is 1. The first kappa shape index (κ1) is 20.3. The summed E-state index contributed by atoms with van der Waals surface area (Å²) in [7, 11) is 0. The standard InChI is InChI=1S/C20H16Cl2N2O3S/c1-12-2-5-14(6-3-12)17-11-28-20(23-17)24-18(25)10-27-19(26)9-13-4-7-15(21)16(22)8-13/h2-8,11H,9-10H2,1H3,(H,23,24,25). The molecule has 2 aromatic carbocycles. The molecular weight excluding hydrogens is 419 g/mol. The molecule has 0 unspecified atom stereocenters. The normalized spacial score (nSPS) is 10.5. The summed E-state index contributed by atoms with van der Waals surface area (Å²) in [6.07, 6.45) is -0.000999. The fourth-order valence-electron chi connectivity index (χ4n) is 2.36. The molecule has 0 aliphatic carbocycles. The van der Waals surface area contributed by atoms with Crippen LogP contribution in [0.1, 0.15) is 11.1 Å². The zero-order valence-electron chi connectivity index (χ0n) is 14.9. The lowest BCUT2D eigenvalue weighted by atomic mass is 10.1. The van der Waals surface area contributed by atoms with Crippen LogP contribution in [0.25, 0.3) is 11.3 Å². The Morgan fingerprint density at radius 2 is 1.86 bits per heavy atom. The summed E-state index contributed by atoms with van der Waals surface area (Å²) >= 11 is 13.1. The van der Waals surface area contributed by atoms with Crippen molar-refractivity contribution in [2.24, 2.45) is 0 Å². The molecule has 0 saturated heterocycles. The van der Waals surface area contributed by atoms with E-state index in [1.807, 2.05) is 36.6 Å². The van der Waals surface area contributed by atoms with Gasteiger partial charge in [0.1, 0.15) is 0 Å². The summed E-state index contributed by atoms with van der Waals surface area (Å²) in [5, 5.41) is 5.70. The van der Waals surface area contributed by atoms with Gasteiger partial charge < -0.3 is 4.74 Å². The Kier molecular flexibility index (Phi) is 6.67. The van der Waals surface area contributed by atoms with Crippen molar-refractivity contribution in [3.05, 3.63) is 69.0 Å². The fraction of sp³-hybridized carbons (Fsp3) is 0.150. The molecule has 8 heteroatoms. The van der Waals surface area contributed by atoms with Crippen LogP contribution < -0.4 is 5.32 Å². The number of rotatable bonds is 6. The van der Waals surface area contributed by atoms with Gasteiger partial charge in [0, 0.05) is 10.9 Å². The minimum absolute atomic E-state index is 0.000999. The summed E-state index contributed by atoms with van der Waals surface area (Å²) < 4.78 is 5.00. The second-order valence-corrected chi connectivity index (χ2v) is 7.71. The van der Waals surface area contributed by atoms with E-state index in [2.05, 4.69) is 10.3 Å². The smallest absolute Gasteiger partial charge is 0.310 e. The maximum absolute atomic E-state index is 12.0. The number of amides is 1. The van der Waals surface area contributed by atoms with Crippen LogP contribution >= 0.6 is 34.5 Å². The van der Waals surface area contributed by atoms with Crippen LogP contribution in [0.5, 0.6) is 0 Å². The minimum Gasteiger partial charge on any atom is -0.455 e.